The Morgan fingerprint density at radius 1 is 1.62 bits per heavy atom. The van der Waals surface area contributed by atoms with E-state index in [0.29, 0.717) is 6.04 Å². The summed E-state index contributed by atoms with van der Waals surface area (Å²) in [5.74, 6) is 0. The van der Waals surface area contributed by atoms with Crippen molar-refractivity contribution in [2.24, 2.45) is 0 Å². The zero-order valence-electron chi connectivity index (χ0n) is 7.52. The van der Waals surface area contributed by atoms with E-state index in [0.717, 1.165) is 18.7 Å². The fraction of sp³-hybridized carbons (Fsp3) is 0.667. The molecule has 0 unspecified atom stereocenters. The molecule has 1 saturated carbocycles. The highest BCUT2D eigenvalue weighted by Crippen LogP contribution is 2.27. The van der Waals surface area contributed by atoms with Gasteiger partial charge in [0.05, 0.1) is 12.8 Å². The molecule has 0 bridgehead atoms. The lowest BCUT2D eigenvalue weighted by molar-refractivity contribution is 0.183. The van der Waals surface area contributed by atoms with Gasteiger partial charge in [0.15, 0.2) is 0 Å². The Labute approximate surface area is 77.1 Å². The van der Waals surface area contributed by atoms with Crippen molar-refractivity contribution >= 4 is 0 Å². The normalized spacial score (nSPS) is 16.8. The number of aliphatic hydroxyl groups is 1. The van der Waals surface area contributed by atoms with Crippen molar-refractivity contribution in [3.63, 3.8) is 0 Å². The van der Waals surface area contributed by atoms with E-state index in [2.05, 4.69) is 10.1 Å². The van der Waals surface area contributed by atoms with Gasteiger partial charge in [-0.2, -0.15) is 0 Å². The number of hydrogen-bond donors (Lipinski definition) is 1. The predicted molar refractivity (Wildman–Crippen MR) is 47.0 cm³/mol. The van der Waals surface area contributed by atoms with Crippen molar-refractivity contribution in [2.45, 2.75) is 25.4 Å². The van der Waals surface area contributed by atoms with Crippen LogP contribution < -0.4 is 0 Å². The van der Waals surface area contributed by atoms with Gasteiger partial charge in [0.25, 0.3) is 0 Å². The van der Waals surface area contributed by atoms with Crippen LogP contribution in [-0.2, 0) is 6.54 Å². The second-order valence-electron chi connectivity index (χ2n) is 3.46. The van der Waals surface area contributed by atoms with Gasteiger partial charge in [-0.15, -0.1) is 0 Å². The Bertz CT molecular complexity index is 244. The van der Waals surface area contributed by atoms with Crippen LogP contribution in [0.3, 0.4) is 0 Å². The molecule has 1 N–H and O–H groups in total. The van der Waals surface area contributed by atoms with Crippen LogP contribution in [0.25, 0.3) is 0 Å². The maximum atomic E-state index is 8.86. The quantitative estimate of drug-likeness (QED) is 0.725. The molecule has 13 heavy (non-hydrogen) atoms. The Hall–Kier alpha value is -0.870. The molecule has 0 amide bonds. The molecule has 1 fully saturated rings. The molecule has 72 valence electrons. The lowest BCUT2D eigenvalue weighted by atomic mass is 10.3. The van der Waals surface area contributed by atoms with Gasteiger partial charge in [0, 0.05) is 24.7 Å². The monoisotopic (exact) mass is 182 g/mol. The Balaban J connectivity index is 1.89. The van der Waals surface area contributed by atoms with Crippen molar-refractivity contribution in [1.82, 2.24) is 10.1 Å². The molecular weight excluding hydrogens is 168 g/mol. The van der Waals surface area contributed by atoms with Gasteiger partial charge >= 0.3 is 0 Å². The minimum absolute atomic E-state index is 0.224. The standard InChI is InChI=1S/C9H14N2O2/c12-4-3-11(9-1-2-9)6-8-5-10-13-7-8/h5,7,9,12H,1-4,6H2. The van der Waals surface area contributed by atoms with E-state index in [1.165, 1.54) is 12.8 Å². The summed E-state index contributed by atoms with van der Waals surface area (Å²) in [7, 11) is 0. The van der Waals surface area contributed by atoms with Crippen molar-refractivity contribution in [3.05, 3.63) is 18.0 Å². The van der Waals surface area contributed by atoms with E-state index >= 15 is 0 Å². The van der Waals surface area contributed by atoms with Crippen LogP contribution in [0, 0.1) is 0 Å². The van der Waals surface area contributed by atoms with Gasteiger partial charge in [-0.3, -0.25) is 4.90 Å². The second kappa shape index (κ2) is 3.89. The fourth-order valence-corrected chi connectivity index (χ4v) is 1.50. The molecule has 0 saturated heterocycles. The predicted octanol–water partition coefficient (Wildman–Crippen LogP) is 0.631. The van der Waals surface area contributed by atoms with Crippen molar-refractivity contribution in [1.29, 1.82) is 0 Å². The summed E-state index contributed by atoms with van der Waals surface area (Å²) in [4.78, 5) is 2.27. The van der Waals surface area contributed by atoms with E-state index in [4.69, 9.17) is 9.63 Å². The molecular formula is C9H14N2O2. The highest BCUT2D eigenvalue weighted by atomic mass is 16.5. The molecule has 4 heteroatoms. The van der Waals surface area contributed by atoms with Gasteiger partial charge in [-0.25, -0.2) is 0 Å². The lowest BCUT2D eigenvalue weighted by Gasteiger charge is -2.19. The zero-order chi connectivity index (χ0) is 9.10. The van der Waals surface area contributed by atoms with Crippen LogP contribution in [0.4, 0.5) is 0 Å². The molecule has 0 aromatic carbocycles. The topological polar surface area (TPSA) is 49.5 Å². The van der Waals surface area contributed by atoms with E-state index in [-0.39, 0.29) is 6.61 Å². The van der Waals surface area contributed by atoms with Crippen LogP contribution in [0.1, 0.15) is 18.4 Å². The first-order valence-electron chi connectivity index (χ1n) is 4.63. The van der Waals surface area contributed by atoms with E-state index in [9.17, 15) is 0 Å². The average molecular weight is 182 g/mol. The molecule has 0 spiro atoms. The average Bonchev–Trinajstić information content (AvgIpc) is 2.85. The summed E-state index contributed by atoms with van der Waals surface area (Å²) in [6.45, 7) is 1.81. The van der Waals surface area contributed by atoms with E-state index in [1.54, 1.807) is 12.5 Å². The molecule has 1 aromatic heterocycles. The Kier molecular flexibility index (Phi) is 2.61. The van der Waals surface area contributed by atoms with Gasteiger partial charge in [-0.1, -0.05) is 5.16 Å². The van der Waals surface area contributed by atoms with Crippen molar-refractivity contribution in [3.8, 4) is 0 Å². The third-order valence-corrected chi connectivity index (χ3v) is 2.32. The van der Waals surface area contributed by atoms with E-state index in [1.807, 2.05) is 0 Å². The number of aromatic nitrogens is 1. The molecule has 1 heterocycles. The van der Waals surface area contributed by atoms with Gasteiger partial charge < -0.3 is 9.63 Å². The van der Waals surface area contributed by atoms with Crippen LogP contribution in [0.15, 0.2) is 17.0 Å². The number of hydrogen-bond acceptors (Lipinski definition) is 4. The molecule has 1 aliphatic rings. The Morgan fingerprint density at radius 3 is 3.00 bits per heavy atom. The molecule has 1 aromatic rings. The first-order valence-corrected chi connectivity index (χ1v) is 4.63. The molecule has 0 aliphatic heterocycles. The minimum atomic E-state index is 0.224. The first kappa shape index (κ1) is 8.72. The van der Waals surface area contributed by atoms with E-state index < -0.39 is 0 Å². The summed E-state index contributed by atoms with van der Waals surface area (Å²) in [5.41, 5.74) is 1.08. The SMILES string of the molecule is OCCN(Cc1cnoc1)C1CC1. The largest absolute Gasteiger partial charge is 0.395 e. The smallest absolute Gasteiger partial charge is 0.128 e. The van der Waals surface area contributed by atoms with Gasteiger partial charge in [0.2, 0.25) is 0 Å². The summed E-state index contributed by atoms with van der Waals surface area (Å²) in [6, 6.07) is 0.669. The van der Waals surface area contributed by atoms with Crippen molar-refractivity contribution < 1.29 is 9.63 Å². The van der Waals surface area contributed by atoms with Gasteiger partial charge in [0.1, 0.15) is 6.26 Å². The van der Waals surface area contributed by atoms with Crippen molar-refractivity contribution in [2.75, 3.05) is 13.2 Å². The summed E-state index contributed by atoms with van der Waals surface area (Å²) in [6.07, 6.45) is 5.90. The molecule has 0 radical (unpaired) electrons. The number of aliphatic hydroxyl groups excluding tert-OH is 1. The third-order valence-electron chi connectivity index (χ3n) is 2.32. The molecule has 1 aliphatic carbocycles. The van der Waals surface area contributed by atoms with Crippen LogP contribution >= 0.6 is 0 Å². The van der Waals surface area contributed by atoms with Gasteiger partial charge in [-0.05, 0) is 12.8 Å². The minimum Gasteiger partial charge on any atom is -0.395 e. The number of rotatable bonds is 5. The molecule has 2 rings (SSSR count). The maximum Gasteiger partial charge on any atom is 0.128 e. The van der Waals surface area contributed by atoms with Crippen LogP contribution in [-0.4, -0.2) is 34.4 Å². The lowest BCUT2D eigenvalue weighted by Crippen LogP contribution is -2.28. The molecule has 0 atom stereocenters. The summed E-state index contributed by atoms with van der Waals surface area (Å²) >= 11 is 0. The molecule has 4 nitrogen and oxygen atoms in total. The third kappa shape index (κ3) is 2.29. The fourth-order valence-electron chi connectivity index (χ4n) is 1.50. The number of nitrogens with zero attached hydrogens (tertiary/aromatic N) is 2. The zero-order valence-corrected chi connectivity index (χ0v) is 7.52. The van der Waals surface area contributed by atoms with Crippen LogP contribution in [0.2, 0.25) is 0 Å². The Morgan fingerprint density at radius 2 is 2.46 bits per heavy atom. The highest BCUT2D eigenvalue weighted by molar-refractivity contribution is 5.01. The maximum absolute atomic E-state index is 8.86. The summed E-state index contributed by atoms with van der Waals surface area (Å²) < 4.78 is 4.75. The highest BCUT2D eigenvalue weighted by Gasteiger charge is 2.28. The van der Waals surface area contributed by atoms with Crippen LogP contribution in [0.5, 0.6) is 0 Å². The second-order valence-corrected chi connectivity index (χ2v) is 3.46. The first-order chi connectivity index (χ1) is 6.40. The summed E-state index contributed by atoms with van der Waals surface area (Å²) in [5, 5.41) is 12.5.